The first-order chi connectivity index (χ1) is 16.1. The zero-order chi connectivity index (χ0) is 22.8. The van der Waals surface area contributed by atoms with E-state index < -0.39 is 4.92 Å². The zero-order valence-electron chi connectivity index (χ0n) is 17.9. The molecular formula is C24H23N3O6. The third-order valence-corrected chi connectivity index (χ3v) is 5.91. The van der Waals surface area contributed by atoms with Crippen LogP contribution in [0.1, 0.15) is 24.0 Å². The topological polar surface area (TPSA) is 106 Å². The zero-order valence-corrected chi connectivity index (χ0v) is 17.9. The van der Waals surface area contributed by atoms with E-state index in [9.17, 15) is 14.9 Å². The standard InChI is InChI=1S/C24H23N3O6/c28-24-25-23(33-15-20-5-2-10-31-20)13-22-21-7-6-19(12-17(21)8-9-26(22)24)32-14-16-3-1-4-18(11-16)27(29)30/h1,3-4,6-7,11-13,20H,2,5,8-10,14-15H2. The van der Waals surface area contributed by atoms with Gasteiger partial charge in [0.1, 0.15) is 19.0 Å². The lowest BCUT2D eigenvalue weighted by Crippen LogP contribution is -2.29. The van der Waals surface area contributed by atoms with Crippen molar-refractivity contribution in [2.24, 2.45) is 0 Å². The number of rotatable bonds is 7. The molecule has 33 heavy (non-hydrogen) atoms. The lowest BCUT2D eigenvalue weighted by atomic mass is 9.97. The molecule has 2 aliphatic rings. The Labute approximate surface area is 189 Å². The highest BCUT2D eigenvalue weighted by atomic mass is 16.6. The van der Waals surface area contributed by atoms with Crippen molar-refractivity contribution in [3.8, 4) is 22.9 Å². The van der Waals surface area contributed by atoms with Gasteiger partial charge in [0.05, 0.1) is 16.7 Å². The van der Waals surface area contributed by atoms with Gasteiger partial charge in [0, 0.05) is 36.9 Å². The predicted molar refractivity (Wildman–Crippen MR) is 120 cm³/mol. The normalized spacial score (nSPS) is 16.7. The minimum absolute atomic E-state index is 0.0368. The average Bonchev–Trinajstić information content (AvgIpc) is 3.35. The van der Waals surface area contributed by atoms with Crippen molar-refractivity contribution >= 4 is 5.69 Å². The number of hydrogen-bond acceptors (Lipinski definition) is 7. The maximum absolute atomic E-state index is 12.6. The number of nitro groups is 1. The monoisotopic (exact) mass is 449 g/mol. The summed E-state index contributed by atoms with van der Waals surface area (Å²) in [4.78, 5) is 27.2. The summed E-state index contributed by atoms with van der Waals surface area (Å²) in [5.41, 5.74) is 3.19. The Morgan fingerprint density at radius 2 is 2.09 bits per heavy atom. The molecule has 0 saturated carbocycles. The molecule has 9 heteroatoms. The van der Waals surface area contributed by atoms with E-state index in [1.165, 1.54) is 12.1 Å². The van der Waals surface area contributed by atoms with Crippen LogP contribution in [-0.2, 0) is 24.3 Å². The highest BCUT2D eigenvalue weighted by molar-refractivity contribution is 5.67. The molecule has 0 N–H and O–H groups in total. The van der Waals surface area contributed by atoms with Crippen LogP contribution in [0.15, 0.2) is 53.3 Å². The highest BCUT2D eigenvalue weighted by Gasteiger charge is 2.21. The molecule has 0 bridgehead atoms. The molecule has 3 heterocycles. The lowest BCUT2D eigenvalue weighted by Gasteiger charge is -2.22. The number of aromatic nitrogens is 2. The number of nitrogens with zero attached hydrogens (tertiary/aromatic N) is 3. The van der Waals surface area contributed by atoms with Gasteiger partial charge in [-0.2, -0.15) is 4.98 Å². The van der Waals surface area contributed by atoms with E-state index in [1.807, 2.05) is 18.2 Å². The molecule has 1 aromatic heterocycles. The molecule has 2 aliphatic heterocycles. The maximum Gasteiger partial charge on any atom is 0.351 e. The number of benzene rings is 2. The summed E-state index contributed by atoms with van der Waals surface area (Å²) >= 11 is 0. The van der Waals surface area contributed by atoms with E-state index in [2.05, 4.69) is 4.98 Å². The summed E-state index contributed by atoms with van der Waals surface area (Å²) in [5.74, 6) is 0.973. The summed E-state index contributed by atoms with van der Waals surface area (Å²) in [7, 11) is 0. The van der Waals surface area contributed by atoms with E-state index >= 15 is 0 Å². The molecule has 1 unspecified atom stereocenters. The first kappa shape index (κ1) is 21.1. The predicted octanol–water partition coefficient (Wildman–Crippen LogP) is 3.51. The number of ether oxygens (including phenoxy) is 3. The smallest absolute Gasteiger partial charge is 0.351 e. The summed E-state index contributed by atoms with van der Waals surface area (Å²) in [6.07, 6.45) is 2.69. The van der Waals surface area contributed by atoms with E-state index in [0.29, 0.717) is 31.2 Å². The van der Waals surface area contributed by atoms with Gasteiger partial charge in [0.15, 0.2) is 0 Å². The van der Waals surface area contributed by atoms with Crippen molar-refractivity contribution in [1.29, 1.82) is 0 Å². The number of nitro benzene ring substituents is 1. The second-order valence-electron chi connectivity index (χ2n) is 8.14. The Bertz CT molecular complexity index is 1250. The van der Waals surface area contributed by atoms with E-state index in [4.69, 9.17) is 14.2 Å². The van der Waals surface area contributed by atoms with Crippen LogP contribution in [0.2, 0.25) is 0 Å². The van der Waals surface area contributed by atoms with Crippen molar-refractivity contribution in [1.82, 2.24) is 9.55 Å². The average molecular weight is 449 g/mol. The molecule has 0 amide bonds. The van der Waals surface area contributed by atoms with Crippen LogP contribution >= 0.6 is 0 Å². The summed E-state index contributed by atoms with van der Waals surface area (Å²) in [5, 5.41) is 11.0. The largest absolute Gasteiger partial charge is 0.489 e. The van der Waals surface area contributed by atoms with Gasteiger partial charge in [-0.15, -0.1) is 0 Å². The third-order valence-electron chi connectivity index (χ3n) is 5.91. The fourth-order valence-corrected chi connectivity index (χ4v) is 4.23. The molecule has 1 fully saturated rings. The van der Waals surface area contributed by atoms with Crippen LogP contribution in [0.25, 0.3) is 11.3 Å². The second kappa shape index (κ2) is 9.03. The van der Waals surface area contributed by atoms with Gasteiger partial charge in [-0.25, -0.2) is 4.79 Å². The number of non-ortho nitro benzene ring substituents is 1. The molecular weight excluding hydrogens is 426 g/mol. The van der Waals surface area contributed by atoms with Crippen molar-refractivity contribution in [3.05, 3.63) is 80.3 Å². The summed E-state index contributed by atoms with van der Waals surface area (Å²) < 4.78 is 18.9. The van der Waals surface area contributed by atoms with Gasteiger partial charge in [-0.05, 0) is 48.6 Å². The molecule has 2 aromatic carbocycles. The number of fused-ring (bicyclic) bond motifs is 3. The van der Waals surface area contributed by atoms with Crippen LogP contribution < -0.4 is 15.2 Å². The Kier molecular flexibility index (Phi) is 5.78. The summed E-state index contributed by atoms with van der Waals surface area (Å²) in [6, 6.07) is 13.9. The minimum Gasteiger partial charge on any atom is -0.489 e. The van der Waals surface area contributed by atoms with Gasteiger partial charge in [-0.1, -0.05) is 12.1 Å². The van der Waals surface area contributed by atoms with Gasteiger partial charge >= 0.3 is 5.69 Å². The quantitative estimate of drug-likeness (QED) is 0.401. The van der Waals surface area contributed by atoms with Crippen LogP contribution in [-0.4, -0.2) is 33.8 Å². The van der Waals surface area contributed by atoms with E-state index in [0.717, 1.165) is 41.8 Å². The molecule has 1 atom stereocenters. The van der Waals surface area contributed by atoms with Crippen molar-refractivity contribution in [2.45, 2.75) is 38.5 Å². The molecule has 0 spiro atoms. The Balaban J connectivity index is 1.34. The third kappa shape index (κ3) is 4.58. The van der Waals surface area contributed by atoms with Crippen LogP contribution in [0, 0.1) is 10.1 Å². The highest BCUT2D eigenvalue weighted by Crippen LogP contribution is 2.32. The van der Waals surface area contributed by atoms with E-state index in [1.54, 1.807) is 22.8 Å². The first-order valence-electron chi connectivity index (χ1n) is 10.9. The first-order valence-corrected chi connectivity index (χ1v) is 10.9. The fourth-order valence-electron chi connectivity index (χ4n) is 4.23. The van der Waals surface area contributed by atoms with Gasteiger partial charge in [0.2, 0.25) is 5.88 Å². The number of hydrogen-bond donors (Lipinski definition) is 0. The van der Waals surface area contributed by atoms with Crippen molar-refractivity contribution in [3.63, 3.8) is 0 Å². The van der Waals surface area contributed by atoms with Crippen LogP contribution in [0.3, 0.4) is 0 Å². The van der Waals surface area contributed by atoms with E-state index in [-0.39, 0.29) is 24.1 Å². The van der Waals surface area contributed by atoms with Crippen LogP contribution in [0.4, 0.5) is 5.69 Å². The molecule has 0 aliphatic carbocycles. The van der Waals surface area contributed by atoms with Crippen molar-refractivity contribution in [2.75, 3.05) is 13.2 Å². The second-order valence-corrected chi connectivity index (χ2v) is 8.14. The molecule has 170 valence electrons. The Morgan fingerprint density at radius 3 is 2.91 bits per heavy atom. The summed E-state index contributed by atoms with van der Waals surface area (Å²) in [6.45, 7) is 1.87. The molecule has 3 aromatic rings. The Hall–Kier alpha value is -3.72. The van der Waals surface area contributed by atoms with Gasteiger partial charge < -0.3 is 14.2 Å². The lowest BCUT2D eigenvalue weighted by molar-refractivity contribution is -0.384. The number of aryl methyl sites for hydroxylation is 1. The molecule has 5 rings (SSSR count). The maximum atomic E-state index is 12.6. The molecule has 0 radical (unpaired) electrons. The fraction of sp³-hybridized carbons (Fsp3) is 0.333. The van der Waals surface area contributed by atoms with Crippen molar-refractivity contribution < 1.29 is 19.1 Å². The van der Waals surface area contributed by atoms with Gasteiger partial charge in [-0.3, -0.25) is 14.7 Å². The molecule has 9 nitrogen and oxygen atoms in total. The minimum atomic E-state index is -0.421. The SMILES string of the molecule is O=c1nc(OCC2CCCO2)cc2n1CCc1cc(OCc3cccc([N+](=O)[O-])c3)ccc1-2. The van der Waals surface area contributed by atoms with Crippen LogP contribution in [0.5, 0.6) is 11.6 Å². The molecule has 1 saturated heterocycles. The Morgan fingerprint density at radius 1 is 1.18 bits per heavy atom. The van der Waals surface area contributed by atoms with Gasteiger partial charge in [0.25, 0.3) is 5.69 Å².